The van der Waals surface area contributed by atoms with Crippen LogP contribution in [0, 0.1) is 0 Å². The van der Waals surface area contributed by atoms with Gasteiger partial charge in [-0.2, -0.15) is 0 Å². The van der Waals surface area contributed by atoms with Crippen molar-refractivity contribution in [3.05, 3.63) is 29.1 Å². The maximum Gasteiger partial charge on any atom is 0.407 e. The van der Waals surface area contributed by atoms with Crippen molar-refractivity contribution in [2.45, 2.75) is 33.0 Å². The number of nitrogens with zero attached hydrogens (tertiary/aromatic N) is 1. The van der Waals surface area contributed by atoms with E-state index in [4.69, 9.17) is 9.47 Å². The van der Waals surface area contributed by atoms with Gasteiger partial charge in [-0.1, -0.05) is 0 Å². The lowest BCUT2D eigenvalue weighted by Gasteiger charge is -2.19. The van der Waals surface area contributed by atoms with E-state index >= 15 is 0 Å². The monoisotopic (exact) mass is 353 g/mol. The SMILES string of the molecule is COCc1cnc(C(=O)NCCNC(=O)OC(C)(C)C)c(C(=O)O)c1. The van der Waals surface area contributed by atoms with Crippen molar-refractivity contribution in [3.8, 4) is 0 Å². The molecule has 0 atom stereocenters. The second kappa shape index (κ2) is 8.97. The number of carboxylic acids is 1. The number of aromatic nitrogens is 1. The maximum atomic E-state index is 12.1. The average molecular weight is 353 g/mol. The number of ether oxygens (including phenoxy) is 2. The zero-order chi connectivity index (χ0) is 19.0. The minimum Gasteiger partial charge on any atom is -0.478 e. The summed E-state index contributed by atoms with van der Waals surface area (Å²) in [5.74, 6) is -1.91. The Balaban J connectivity index is 2.60. The molecule has 0 radical (unpaired) electrons. The Hall–Kier alpha value is -2.68. The van der Waals surface area contributed by atoms with Crippen molar-refractivity contribution in [1.82, 2.24) is 15.6 Å². The highest BCUT2D eigenvalue weighted by atomic mass is 16.6. The molecular weight excluding hydrogens is 330 g/mol. The molecule has 0 aliphatic heterocycles. The molecular formula is C16H23N3O6. The summed E-state index contributed by atoms with van der Waals surface area (Å²) in [6.07, 6.45) is 0.777. The molecule has 0 saturated heterocycles. The molecule has 9 heteroatoms. The van der Waals surface area contributed by atoms with E-state index < -0.39 is 23.6 Å². The van der Waals surface area contributed by atoms with E-state index in [2.05, 4.69) is 15.6 Å². The first kappa shape index (κ1) is 20.4. The van der Waals surface area contributed by atoms with Crippen LogP contribution in [0.15, 0.2) is 12.3 Å². The number of pyridine rings is 1. The Morgan fingerprint density at radius 3 is 2.40 bits per heavy atom. The van der Waals surface area contributed by atoms with Crippen LogP contribution in [0.2, 0.25) is 0 Å². The molecule has 0 unspecified atom stereocenters. The molecule has 25 heavy (non-hydrogen) atoms. The normalized spacial score (nSPS) is 10.9. The fourth-order valence-electron chi connectivity index (χ4n) is 1.84. The van der Waals surface area contributed by atoms with Gasteiger partial charge in [0.1, 0.15) is 11.3 Å². The molecule has 0 fully saturated rings. The second-order valence-electron chi connectivity index (χ2n) is 6.16. The molecule has 0 spiro atoms. The van der Waals surface area contributed by atoms with Gasteiger partial charge in [-0.25, -0.2) is 14.6 Å². The summed E-state index contributed by atoms with van der Waals surface area (Å²) in [5.41, 5.74) is -0.489. The molecule has 9 nitrogen and oxygen atoms in total. The lowest BCUT2D eigenvalue weighted by atomic mass is 10.1. The molecule has 1 heterocycles. The zero-order valence-electron chi connectivity index (χ0n) is 14.7. The summed E-state index contributed by atoms with van der Waals surface area (Å²) in [4.78, 5) is 38.8. The minimum atomic E-state index is -1.26. The summed E-state index contributed by atoms with van der Waals surface area (Å²) >= 11 is 0. The summed E-state index contributed by atoms with van der Waals surface area (Å²) in [6.45, 7) is 5.63. The number of carbonyl (C=O) groups is 3. The highest BCUT2D eigenvalue weighted by molar-refractivity contribution is 6.03. The van der Waals surface area contributed by atoms with Gasteiger partial charge in [0.15, 0.2) is 0 Å². The Morgan fingerprint density at radius 1 is 1.20 bits per heavy atom. The predicted octanol–water partition coefficient (Wildman–Crippen LogP) is 1.18. The molecule has 1 aromatic heterocycles. The van der Waals surface area contributed by atoms with Crippen LogP contribution in [-0.2, 0) is 16.1 Å². The van der Waals surface area contributed by atoms with Gasteiger partial charge >= 0.3 is 12.1 Å². The van der Waals surface area contributed by atoms with Gasteiger partial charge in [0, 0.05) is 26.4 Å². The molecule has 0 aliphatic rings. The fourth-order valence-corrected chi connectivity index (χ4v) is 1.84. The first-order valence-corrected chi connectivity index (χ1v) is 7.60. The van der Waals surface area contributed by atoms with Crippen molar-refractivity contribution >= 4 is 18.0 Å². The number of nitrogens with one attached hydrogen (secondary N) is 2. The summed E-state index contributed by atoms with van der Waals surface area (Å²) < 4.78 is 9.97. The van der Waals surface area contributed by atoms with Gasteiger partial charge in [0.2, 0.25) is 0 Å². The summed E-state index contributed by atoms with van der Waals surface area (Å²) in [6, 6.07) is 1.34. The first-order valence-electron chi connectivity index (χ1n) is 7.60. The smallest absolute Gasteiger partial charge is 0.407 e. The van der Waals surface area contributed by atoms with E-state index in [1.165, 1.54) is 19.4 Å². The molecule has 1 rings (SSSR count). The standard InChI is InChI=1S/C16H23N3O6/c1-16(2,3)25-15(23)18-6-5-17-13(20)12-11(14(21)22)7-10(8-19-12)9-24-4/h7-8H,5-6,9H2,1-4H3,(H,17,20)(H,18,23)(H,21,22). The van der Waals surface area contributed by atoms with Gasteiger partial charge in [0.05, 0.1) is 12.2 Å². The Bertz CT molecular complexity index is 639. The largest absolute Gasteiger partial charge is 0.478 e. The van der Waals surface area contributed by atoms with Crippen LogP contribution < -0.4 is 10.6 Å². The Kier molecular flexibility index (Phi) is 7.31. The third-order valence-corrected chi connectivity index (χ3v) is 2.78. The number of hydrogen-bond acceptors (Lipinski definition) is 6. The summed E-state index contributed by atoms with van der Waals surface area (Å²) in [5, 5.41) is 14.2. The first-order chi connectivity index (χ1) is 11.6. The lowest BCUT2D eigenvalue weighted by molar-refractivity contribution is 0.0526. The molecule has 0 aliphatic carbocycles. The molecule has 1 aromatic rings. The van der Waals surface area contributed by atoms with Crippen molar-refractivity contribution < 1.29 is 29.0 Å². The quantitative estimate of drug-likeness (QED) is 0.628. The maximum absolute atomic E-state index is 12.1. The van der Waals surface area contributed by atoms with E-state index in [1.54, 1.807) is 20.8 Å². The number of aromatic carboxylic acids is 1. The number of alkyl carbamates (subject to hydrolysis) is 1. The van der Waals surface area contributed by atoms with E-state index in [-0.39, 0.29) is 31.0 Å². The zero-order valence-corrected chi connectivity index (χ0v) is 14.7. The van der Waals surface area contributed by atoms with Crippen molar-refractivity contribution in [2.75, 3.05) is 20.2 Å². The van der Waals surface area contributed by atoms with Crippen LogP contribution in [0.25, 0.3) is 0 Å². The minimum absolute atomic E-state index is 0.0959. The highest BCUT2D eigenvalue weighted by Gasteiger charge is 2.19. The predicted molar refractivity (Wildman–Crippen MR) is 88.5 cm³/mol. The number of hydrogen-bond donors (Lipinski definition) is 3. The van der Waals surface area contributed by atoms with E-state index in [0.29, 0.717) is 5.56 Å². The van der Waals surface area contributed by atoms with Crippen molar-refractivity contribution in [1.29, 1.82) is 0 Å². The molecule has 0 bridgehead atoms. The molecule has 2 amide bonds. The van der Waals surface area contributed by atoms with Crippen LogP contribution in [0.4, 0.5) is 4.79 Å². The van der Waals surface area contributed by atoms with E-state index in [1.807, 2.05) is 0 Å². The van der Waals surface area contributed by atoms with Gasteiger partial charge < -0.3 is 25.2 Å². The fraction of sp³-hybridized carbons (Fsp3) is 0.500. The van der Waals surface area contributed by atoms with Gasteiger partial charge in [-0.3, -0.25) is 4.79 Å². The Morgan fingerprint density at radius 2 is 1.84 bits per heavy atom. The summed E-state index contributed by atoms with van der Waals surface area (Å²) in [7, 11) is 1.47. The number of carbonyl (C=O) groups excluding carboxylic acids is 2. The molecule has 138 valence electrons. The molecule has 0 saturated carbocycles. The lowest BCUT2D eigenvalue weighted by Crippen LogP contribution is -2.38. The van der Waals surface area contributed by atoms with Gasteiger partial charge in [0.25, 0.3) is 5.91 Å². The van der Waals surface area contributed by atoms with E-state index in [9.17, 15) is 19.5 Å². The number of rotatable bonds is 7. The molecule has 3 N–H and O–H groups in total. The van der Waals surface area contributed by atoms with Crippen LogP contribution in [0.3, 0.4) is 0 Å². The third kappa shape index (κ3) is 7.17. The number of methoxy groups -OCH3 is 1. The van der Waals surface area contributed by atoms with Gasteiger partial charge in [-0.05, 0) is 32.4 Å². The highest BCUT2D eigenvalue weighted by Crippen LogP contribution is 2.10. The number of carboxylic acid groups (broad SMARTS) is 1. The van der Waals surface area contributed by atoms with E-state index in [0.717, 1.165) is 0 Å². The number of amides is 2. The van der Waals surface area contributed by atoms with Crippen molar-refractivity contribution in [3.63, 3.8) is 0 Å². The third-order valence-electron chi connectivity index (χ3n) is 2.78. The average Bonchev–Trinajstić information content (AvgIpc) is 2.49. The van der Waals surface area contributed by atoms with Crippen LogP contribution in [-0.4, -0.2) is 53.9 Å². The topological polar surface area (TPSA) is 127 Å². The van der Waals surface area contributed by atoms with Crippen LogP contribution in [0.1, 0.15) is 47.2 Å². The van der Waals surface area contributed by atoms with Gasteiger partial charge in [-0.15, -0.1) is 0 Å². The van der Waals surface area contributed by atoms with Crippen LogP contribution in [0.5, 0.6) is 0 Å². The molecule has 0 aromatic carbocycles. The van der Waals surface area contributed by atoms with Crippen LogP contribution >= 0.6 is 0 Å². The Labute approximate surface area is 145 Å². The second-order valence-corrected chi connectivity index (χ2v) is 6.16. The van der Waals surface area contributed by atoms with Crippen molar-refractivity contribution in [2.24, 2.45) is 0 Å².